The van der Waals surface area contributed by atoms with E-state index in [0.29, 0.717) is 36.9 Å². The fourth-order valence-corrected chi connectivity index (χ4v) is 8.65. The first-order valence-corrected chi connectivity index (χ1v) is 17.4. The summed E-state index contributed by atoms with van der Waals surface area (Å²) in [7, 11) is 0. The molecule has 4 fully saturated rings. The third kappa shape index (κ3) is 4.58. The number of fused-ring (bicyclic) bond motifs is 5. The highest BCUT2D eigenvalue weighted by atomic mass is 19.1. The molecule has 3 N–H and O–H groups in total. The second-order valence-corrected chi connectivity index (χ2v) is 14.8. The molecule has 5 heterocycles. The summed E-state index contributed by atoms with van der Waals surface area (Å²) in [6.07, 6.45) is 8.61. The van der Waals surface area contributed by atoms with Crippen molar-refractivity contribution in [1.29, 1.82) is 0 Å². The summed E-state index contributed by atoms with van der Waals surface area (Å²) in [5.74, 6) is 0.729. The molecule has 2 amide bonds. The van der Waals surface area contributed by atoms with Gasteiger partial charge in [0.1, 0.15) is 11.3 Å². The number of nitrogens with two attached hydrogens (primary N) is 1. The Kier molecular flexibility index (Phi) is 6.40. The van der Waals surface area contributed by atoms with E-state index < -0.39 is 11.6 Å². The van der Waals surface area contributed by atoms with Gasteiger partial charge in [0.25, 0.3) is 5.91 Å². The predicted molar refractivity (Wildman–Crippen MR) is 174 cm³/mol. The summed E-state index contributed by atoms with van der Waals surface area (Å²) >= 11 is 0. The maximum Gasteiger partial charge on any atom is 0.254 e. The SMILES string of the molecule is C[C@H]1NC(=O)[C@@H]2C[C@@]2(F)CCCCCn2c(-c3nc4cc(C(=O)N5C[C@H](N)[C@@H]6CC[C@H]5C6)ccc4n3C3CC3)cc3ccc1nc32. The molecule has 0 radical (unpaired) electrons. The van der Waals surface area contributed by atoms with Crippen molar-refractivity contribution in [3.63, 3.8) is 0 Å². The number of piperidine rings is 1. The van der Waals surface area contributed by atoms with Gasteiger partial charge in [0.15, 0.2) is 5.82 Å². The van der Waals surface area contributed by atoms with Gasteiger partial charge in [-0.2, -0.15) is 0 Å². The summed E-state index contributed by atoms with van der Waals surface area (Å²) in [5.41, 5.74) is 10.3. The average Bonchev–Trinajstić information content (AvgIpc) is 3.86. The molecule has 10 heteroatoms. The molecule has 0 spiro atoms. The number of amides is 2. The Balaban J connectivity index is 1.11. The second kappa shape index (κ2) is 10.4. The molecule has 9 nitrogen and oxygen atoms in total. The Morgan fingerprint density at radius 1 is 1.04 bits per heavy atom. The highest BCUT2D eigenvalue weighted by Gasteiger charge is 2.59. The van der Waals surface area contributed by atoms with E-state index in [0.717, 1.165) is 97.2 Å². The number of halogens is 1. The number of aromatic nitrogens is 4. The van der Waals surface area contributed by atoms with Gasteiger partial charge in [-0.1, -0.05) is 12.8 Å². The smallest absolute Gasteiger partial charge is 0.254 e. The van der Waals surface area contributed by atoms with E-state index in [9.17, 15) is 9.59 Å². The quantitative estimate of drug-likeness (QED) is 0.299. The Morgan fingerprint density at radius 3 is 2.74 bits per heavy atom. The standard InChI is InChI=1S/C36H42FN7O2/c1-20-28-11-6-22-17-31(42(32(22)40-28)14-4-2-3-13-36(37)18-26(36)34(45)39-20)33-41-29-16-23(7-12-30(29)44(33)24-9-10-24)35(46)43-19-27(38)21-5-8-25(43)15-21/h6-7,11-12,16-17,20-21,24-27H,2-5,8-10,13-15,18-19,38H2,1H3,(H,39,45)/t20-,21-,25+,26+,27+,36+/m1/s1. The Hall–Kier alpha value is -3.79. The Morgan fingerprint density at radius 2 is 1.89 bits per heavy atom. The monoisotopic (exact) mass is 623 g/mol. The van der Waals surface area contributed by atoms with E-state index in [1.165, 1.54) is 0 Å². The second-order valence-electron chi connectivity index (χ2n) is 14.8. The van der Waals surface area contributed by atoms with Gasteiger partial charge in [0.05, 0.1) is 34.4 Å². The molecule has 9 rings (SSSR count). The van der Waals surface area contributed by atoms with Crippen molar-refractivity contribution in [1.82, 2.24) is 29.3 Å². The first kappa shape index (κ1) is 28.4. The molecule has 1 saturated heterocycles. The minimum atomic E-state index is -1.37. The van der Waals surface area contributed by atoms with Gasteiger partial charge in [0, 0.05) is 42.2 Å². The van der Waals surface area contributed by atoms with Crippen LogP contribution in [0.2, 0.25) is 0 Å². The number of hydrogen-bond donors (Lipinski definition) is 2. The predicted octanol–water partition coefficient (Wildman–Crippen LogP) is 5.82. The number of imidazole rings is 1. The molecule has 4 aromatic rings. The lowest BCUT2D eigenvalue weighted by Crippen LogP contribution is -2.51. The zero-order chi connectivity index (χ0) is 31.3. The third-order valence-electron chi connectivity index (χ3n) is 11.6. The van der Waals surface area contributed by atoms with Crippen LogP contribution in [0.5, 0.6) is 0 Å². The number of carbonyl (C=O) groups is 2. The molecular formula is C36H42FN7O2. The van der Waals surface area contributed by atoms with Crippen LogP contribution < -0.4 is 11.1 Å². The zero-order valence-corrected chi connectivity index (χ0v) is 26.4. The van der Waals surface area contributed by atoms with E-state index in [4.69, 9.17) is 15.7 Å². The maximum atomic E-state index is 15.3. The van der Waals surface area contributed by atoms with Crippen LogP contribution in [0.3, 0.4) is 0 Å². The number of carbonyl (C=O) groups excluding carboxylic acids is 2. The van der Waals surface area contributed by atoms with Gasteiger partial charge < -0.3 is 25.1 Å². The number of nitrogens with one attached hydrogen (secondary N) is 1. The van der Waals surface area contributed by atoms with Gasteiger partial charge in [-0.3, -0.25) is 9.59 Å². The molecule has 6 atom stereocenters. The summed E-state index contributed by atoms with van der Waals surface area (Å²) in [5, 5.41) is 4.05. The molecule has 240 valence electrons. The van der Waals surface area contributed by atoms with E-state index >= 15 is 4.39 Å². The molecule has 0 unspecified atom stereocenters. The van der Waals surface area contributed by atoms with Gasteiger partial charge >= 0.3 is 0 Å². The Labute approximate surface area is 267 Å². The van der Waals surface area contributed by atoms with Crippen LogP contribution in [-0.2, 0) is 11.3 Å². The Bertz CT molecular complexity index is 1890. The number of alkyl halides is 1. The summed E-state index contributed by atoms with van der Waals surface area (Å²) in [6, 6.07) is 12.6. The van der Waals surface area contributed by atoms with Crippen molar-refractivity contribution in [2.45, 2.75) is 108 Å². The molecule has 3 aliphatic carbocycles. The average molecular weight is 624 g/mol. The number of benzene rings is 1. The third-order valence-corrected chi connectivity index (χ3v) is 11.6. The number of hydrogen-bond acceptors (Lipinski definition) is 5. The number of aryl methyl sites for hydroxylation is 1. The highest BCUT2D eigenvalue weighted by Crippen LogP contribution is 2.51. The van der Waals surface area contributed by atoms with Crippen molar-refractivity contribution < 1.29 is 14.0 Å². The summed E-state index contributed by atoms with van der Waals surface area (Å²) in [4.78, 5) is 39.0. The van der Waals surface area contributed by atoms with Crippen molar-refractivity contribution in [3.05, 3.63) is 47.7 Å². The maximum absolute atomic E-state index is 15.3. The van der Waals surface area contributed by atoms with Crippen LogP contribution in [0.15, 0.2) is 36.4 Å². The minimum absolute atomic E-state index is 0.0500. The van der Waals surface area contributed by atoms with Crippen LogP contribution in [0.25, 0.3) is 33.6 Å². The molecule has 1 aromatic carbocycles. The molecule has 2 aliphatic heterocycles. The molecule has 3 saturated carbocycles. The fraction of sp³-hybridized carbons (Fsp3) is 0.556. The fourth-order valence-electron chi connectivity index (χ4n) is 8.65. The topological polar surface area (TPSA) is 111 Å². The molecule has 46 heavy (non-hydrogen) atoms. The van der Waals surface area contributed by atoms with Gasteiger partial charge in [-0.25, -0.2) is 14.4 Å². The molecule has 3 aromatic heterocycles. The first-order chi connectivity index (χ1) is 22.3. The number of nitrogens with zero attached hydrogens (tertiary/aromatic N) is 5. The van der Waals surface area contributed by atoms with Crippen LogP contribution in [-0.4, -0.2) is 60.1 Å². The largest absolute Gasteiger partial charge is 0.348 e. The van der Waals surface area contributed by atoms with Crippen molar-refractivity contribution in [3.8, 4) is 11.5 Å². The van der Waals surface area contributed by atoms with Crippen molar-refractivity contribution in [2.24, 2.45) is 17.6 Å². The normalized spacial score (nSPS) is 31.2. The molecule has 5 aliphatic rings. The first-order valence-electron chi connectivity index (χ1n) is 17.4. The lowest BCUT2D eigenvalue weighted by molar-refractivity contribution is -0.124. The minimum Gasteiger partial charge on any atom is -0.348 e. The van der Waals surface area contributed by atoms with Crippen LogP contribution in [0.1, 0.15) is 99.3 Å². The van der Waals surface area contributed by atoms with Gasteiger partial charge in [-0.15, -0.1) is 0 Å². The van der Waals surface area contributed by atoms with E-state index in [-0.39, 0.29) is 29.9 Å². The van der Waals surface area contributed by atoms with Gasteiger partial charge in [0.2, 0.25) is 5.91 Å². The van der Waals surface area contributed by atoms with Crippen molar-refractivity contribution in [2.75, 3.05) is 6.54 Å². The number of pyridine rings is 1. The summed E-state index contributed by atoms with van der Waals surface area (Å²) in [6.45, 7) is 3.29. The summed E-state index contributed by atoms with van der Waals surface area (Å²) < 4.78 is 19.9. The van der Waals surface area contributed by atoms with Crippen LogP contribution in [0, 0.1) is 11.8 Å². The highest BCUT2D eigenvalue weighted by molar-refractivity contribution is 5.98. The zero-order valence-electron chi connectivity index (χ0n) is 26.4. The van der Waals surface area contributed by atoms with Gasteiger partial charge in [-0.05, 0) is 101 Å². The molecule has 4 bridgehead atoms. The molecular weight excluding hydrogens is 581 g/mol. The number of rotatable bonds is 3. The number of likely N-dealkylation sites (tertiary alicyclic amines) is 1. The van der Waals surface area contributed by atoms with Crippen LogP contribution >= 0.6 is 0 Å². The lowest BCUT2D eigenvalue weighted by Gasteiger charge is -2.37. The van der Waals surface area contributed by atoms with E-state index in [1.54, 1.807) is 0 Å². The lowest BCUT2D eigenvalue weighted by atomic mass is 9.94. The van der Waals surface area contributed by atoms with E-state index in [2.05, 4.69) is 32.7 Å². The van der Waals surface area contributed by atoms with Crippen molar-refractivity contribution >= 4 is 33.9 Å². The van der Waals surface area contributed by atoms with E-state index in [1.807, 2.05) is 30.0 Å². The van der Waals surface area contributed by atoms with Crippen LogP contribution in [0.4, 0.5) is 4.39 Å².